The molecule has 2 aromatic rings. The van der Waals surface area contributed by atoms with E-state index >= 15 is 0 Å². The molecular formula is C19H22Cl2LiO2P. The normalized spacial score (nSPS) is 10.7. The minimum Gasteiger partial charge on any atom is -1.00 e. The molecule has 0 saturated heterocycles. The number of hydrogen-bond donors (Lipinski definition) is 0. The van der Waals surface area contributed by atoms with Crippen molar-refractivity contribution in [3.8, 4) is 5.75 Å². The first-order valence-electron chi connectivity index (χ1n) is 8.10. The van der Waals surface area contributed by atoms with Crippen LogP contribution >= 0.6 is 31.8 Å². The van der Waals surface area contributed by atoms with Gasteiger partial charge in [0.05, 0.1) is 22.2 Å². The predicted octanol–water partition coefficient (Wildman–Crippen LogP) is 3.21. The number of unbranched alkanes of at least 4 members (excludes halogenated alkanes) is 3. The van der Waals surface area contributed by atoms with E-state index in [9.17, 15) is 4.79 Å². The van der Waals surface area contributed by atoms with E-state index in [4.69, 9.17) is 27.9 Å². The van der Waals surface area contributed by atoms with E-state index in [-0.39, 0.29) is 34.4 Å². The minimum absolute atomic E-state index is 0. The second-order valence-corrected chi connectivity index (χ2v) is 7.58. The Kier molecular flexibility index (Phi) is 10.8. The number of carbonyl (C=O) groups is 1. The van der Waals surface area contributed by atoms with Gasteiger partial charge in [0.2, 0.25) is 0 Å². The van der Waals surface area contributed by atoms with Crippen molar-refractivity contribution in [2.24, 2.45) is 0 Å². The van der Waals surface area contributed by atoms with Crippen molar-refractivity contribution in [3.63, 3.8) is 0 Å². The van der Waals surface area contributed by atoms with Crippen molar-refractivity contribution in [1.29, 1.82) is 0 Å². The van der Waals surface area contributed by atoms with Crippen LogP contribution in [-0.2, 0) is 0 Å². The number of carbonyl (C=O) groups excluding carboxylic acids is 1. The van der Waals surface area contributed by atoms with Crippen LogP contribution in [-0.4, -0.2) is 12.1 Å². The standard InChI is InChI=1S/C19H21Cl2O2P.Li.H/c1-2-3-4-5-13-23-14-9-11-15(12-10-14)24-19(22)18-16(20)7-6-8-17(18)21;;/h6-12,24H,2-5,13H2,1H3;;/q;+1;-1. The number of halogens is 2. The zero-order valence-electron chi connectivity index (χ0n) is 15.6. The summed E-state index contributed by atoms with van der Waals surface area (Å²) < 4.78 is 5.71. The Bertz CT molecular complexity index is 663. The maximum atomic E-state index is 12.4. The molecule has 0 aliphatic rings. The molecule has 130 valence electrons. The molecule has 25 heavy (non-hydrogen) atoms. The van der Waals surface area contributed by atoms with Crippen molar-refractivity contribution in [2.45, 2.75) is 32.6 Å². The first-order valence-corrected chi connectivity index (χ1v) is 9.85. The molecule has 0 heterocycles. The van der Waals surface area contributed by atoms with E-state index in [1.165, 1.54) is 19.3 Å². The molecule has 0 amide bonds. The number of rotatable bonds is 9. The fraction of sp³-hybridized carbons (Fsp3) is 0.316. The zero-order valence-corrected chi connectivity index (χ0v) is 17.2. The van der Waals surface area contributed by atoms with Gasteiger partial charge < -0.3 is 6.16 Å². The van der Waals surface area contributed by atoms with Crippen molar-refractivity contribution < 1.29 is 29.8 Å². The van der Waals surface area contributed by atoms with Gasteiger partial charge in [-0.3, -0.25) is 4.79 Å². The maximum Gasteiger partial charge on any atom is 1.00 e. The largest absolute Gasteiger partial charge is 1.00 e. The topological polar surface area (TPSA) is 26.3 Å². The average Bonchev–Trinajstić information content (AvgIpc) is 2.56. The van der Waals surface area contributed by atoms with Gasteiger partial charge in [-0.15, -0.1) is 0 Å². The fourth-order valence-electron chi connectivity index (χ4n) is 2.26. The molecular weight excluding hydrogens is 369 g/mol. The number of ether oxygens (including phenoxy) is 1. The Balaban J connectivity index is 0.00000312. The smallest absolute Gasteiger partial charge is 1.00 e. The second kappa shape index (κ2) is 12.0. The van der Waals surface area contributed by atoms with Crippen molar-refractivity contribution in [3.05, 3.63) is 58.1 Å². The molecule has 1 atom stereocenters. The predicted molar refractivity (Wildman–Crippen MR) is 106 cm³/mol. The molecule has 0 N–H and O–H groups in total. The Hall–Kier alpha value is -0.483. The summed E-state index contributed by atoms with van der Waals surface area (Å²) in [6.07, 6.45) is 4.74. The zero-order chi connectivity index (χ0) is 17.4. The van der Waals surface area contributed by atoms with E-state index in [1.807, 2.05) is 24.3 Å². The Morgan fingerprint density at radius 3 is 2.28 bits per heavy atom. The van der Waals surface area contributed by atoms with Gasteiger partial charge in [-0.05, 0) is 44.6 Å². The molecule has 0 bridgehead atoms. The van der Waals surface area contributed by atoms with Gasteiger partial charge in [-0.1, -0.05) is 67.6 Å². The van der Waals surface area contributed by atoms with Crippen molar-refractivity contribution in [1.82, 2.24) is 0 Å². The second-order valence-electron chi connectivity index (χ2n) is 5.48. The summed E-state index contributed by atoms with van der Waals surface area (Å²) in [4.78, 5) is 12.4. The van der Waals surface area contributed by atoms with Crippen molar-refractivity contribution >= 4 is 42.6 Å². The molecule has 0 spiro atoms. The monoisotopic (exact) mass is 390 g/mol. The average molecular weight is 391 g/mol. The molecule has 6 heteroatoms. The van der Waals surface area contributed by atoms with Crippen LogP contribution in [0.1, 0.15) is 44.4 Å². The SMILES string of the molecule is CCCCCCOc1ccc(PC(=O)c2c(Cl)cccc2Cl)cc1.[H-].[Li+]. The maximum absolute atomic E-state index is 12.4. The summed E-state index contributed by atoms with van der Waals surface area (Å²) in [6, 6.07) is 12.7. The minimum atomic E-state index is -0.0566. The molecule has 2 nitrogen and oxygen atoms in total. The van der Waals surface area contributed by atoms with E-state index in [0.29, 0.717) is 15.6 Å². The van der Waals surface area contributed by atoms with Crippen LogP contribution in [0.5, 0.6) is 5.75 Å². The summed E-state index contributed by atoms with van der Waals surface area (Å²) in [5.74, 6) is 0.836. The van der Waals surface area contributed by atoms with E-state index < -0.39 is 0 Å². The van der Waals surface area contributed by atoms with Crippen LogP contribution < -0.4 is 28.9 Å². The molecule has 0 aliphatic heterocycles. The number of hydrogen-bond acceptors (Lipinski definition) is 2. The Labute approximate surface area is 175 Å². The van der Waals surface area contributed by atoms with Gasteiger partial charge in [-0.2, -0.15) is 0 Å². The van der Waals surface area contributed by atoms with Gasteiger partial charge in [0, 0.05) is 0 Å². The third kappa shape index (κ3) is 7.34. The molecule has 0 radical (unpaired) electrons. The van der Waals surface area contributed by atoms with Gasteiger partial charge in [0.15, 0.2) is 5.52 Å². The summed E-state index contributed by atoms with van der Waals surface area (Å²) in [5, 5.41) is 1.73. The molecule has 2 rings (SSSR count). The fourth-order valence-corrected chi connectivity index (χ4v) is 3.98. The van der Waals surface area contributed by atoms with Gasteiger partial charge in [-0.25, -0.2) is 0 Å². The number of benzene rings is 2. The van der Waals surface area contributed by atoms with Crippen LogP contribution in [0.3, 0.4) is 0 Å². The van der Waals surface area contributed by atoms with Crippen LogP contribution in [0, 0.1) is 0 Å². The summed E-state index contributed by atoms with van der Waals surface area (Å²) in [7, 11) is -0.0163. The summed E-state index contributed by atoms with van der Waals surface area (Å²) >= 11 is 12.2. The molecule has 2 aromatic carbocycles. The van der Waals surface area contributed by atoms with Gasteiger partial charge in [0.25, 0.3) is 0 Å². The van der Waals surface area contributed by atoms with Crippen LogP contribution in [0.2, 0.25) is 10.0 Å². The van der Waals surface area contributed by atoms with Crippen LogP contribution in [0.15, 0.2) is 42.5 Å². The Morgan fingerprint density at radius 2 is 1.68 bits per heavy atom. The molecule has 0 saturated carbocycles. The van der Waals surface area contributed by atoms with Crippen molar-refractivity contribution in [2.75, 3.05) is 6.61 Å². The van der Waals surface area contributed by atoms with Gasteiger partial charge in [0.1, 0.15) is 5.75 Å². The molecule has 0 fully saturated rings. The quantitative estimate of drug-likeness (QED) is 0.373. The third-order valence-electron chi connectivity index (χ3n) is 3.57. The summed E-state index contributed by atoms with van der Waals surface area (Å²) in [5.41, 5.74) is 0.342. The molecule has 0 aromatic heterocycles. The van der Waals surface area contributed by atoms with Crippen LogP contribution in [0.4, 0.5) is 0 Å². The van der Waals surface area contributed by atoms with E-state index in [0.717, 1.165) is 24.1 Å². The summed E-state index contributed by atoms with van der Waals surface area (Å²) in [6.45, 7) is 2.92. The first-order chi connectivity index (χ1) is 11.6. The van der Waals surface area contributed by atoms with E-state index in [1.54, 1.807) is 18.2 Å². The first kappa shape index (κ1) is 22.6. The molecule has 0 aliphatic carbocycles. The third-order valence-corrected chi connectivity index (χ3v) is 5.30. The van der Waals surface area contributed by atoms with E-state index in [2.05, 4.69) is 6.92 Å². The molecule has 1 unspecified atom stereocenters. The van der Waals surface area contributed by atoms with Crippen LogP contribution in [0.25, 0.3) is 0 Å². The Morgan fingerprint density at radius 1 is 1.04 bits per heavy atom. The van der Waals surface area contributed by atoms with Gasteiger partial charge >= 0.3 is 18.9 Å².